The molecule has 0 N–H and O–H groups in total. The second kappa shape index (κ2) is 8.03. The van der Waals surface area contributed by atoms with Crippen LogP contribution >= 0.6 is 0 Å². The van der Waals surface area contributed by atoms with Crippen LogP contribution in [0.15, 0.2) is 42.6 Å². The Kier molecular flexibility index (Phi) is 5.54. The van der Waals surface area contributed by atoms with Crippen LogP contribution < -0.4 is 4.74 Å². The maximum Gasteiger partial charge on any atom is 0.337 e. The summed E-state index contributed by atoms with van der Waals surface area (Å²) in [6, 6.07) is 10.8. The molecule has 0 bridgehead atoms. The number of aromatic nitrogens is 2. The van der Waals surface area contributed by atoms with E-state index < -0.39 is 0 Å². The molecule has 0 aliphatic carbocycles. The summed E-state index contributed by atoms with van der Waals surface area (Å²) >= 11 is 0. The van der Waals surface area contributed by atoms with Crippen LogP contribution in [0.25, 0.3) is 5.65 Å². The summed E-state index contributed by atoms with van der Waals surface area (Å²) in [7, 11) is 1.35. The Balaban J connectivity index is 1.82. The third kappa shape index (κ3) is 3.84. The second-order valence-corrected chi connectivity index (χ2v) is 6.16. The molecule has 2 aromatic heterocycles. The number of methoxy groups -OCH3 is 1. The van der Waals surface area contributed by atoms with E-state index in [-0.39, 0.29) is 11.8 Å². The number of carbonyl (C=O) groups is 2. The summed E-state index contributed by atoms with van der Waals surface area (Å²) in [6.07, 6.45) is 2.67. The zero-order valence-corrected chi connectivity index (χ0v) is 15.7. The standard InChI is InChI=1S/C21H22N2O4/c1-4-27-18-9-6-12-23-19(14(2)22-20(18)23)17(24)11-10-15-7-5-8-16(13-15)21(25)26-3/h5-9,12-13H,4,10-11H2,1-3H3. The highest BCUT2D eigenvalue weighted by atomic mass is 16.5. The maximum atomic E-state index is 12.9. The zero-order valence-electron chi connectivity index (χ0n) is 15.7. The predicted octanol–water partition coefficient (Wildman–Crippen LogP) is 3.64. The Morgan fingerprint density at radius 1 is 1.19 bits per heavy atom. The number of hydrogen-bond acceptors (Lipinski definition) is 5. The molecule has 0 spiro atoms. The monoisotopic (exact) mass is 366 g/mol. The van der Waals surface area contributed by atoms with Crippen molar-refractivity contribution in [2.75, 3.05) is 13.7 Å². The first-order valence-electron chi connectivity index (χ1n) is 8.86. The number of hydrogen-bond donors (Lipinski definition) is 0. The number of pyridine rings is 1. The number of esters is 1. The van der Waals surface area contributed by atoms with Crippen LogP contribution in [-0.4, -0.2) is 34.9 Å². The van der Waals surface area contributed by atoms with Gasteiger partial charge in [-0.3, -0.25) is 9.20 Å². The van der Waals surface area contributed by atoms with Crippen molar-refractivity contribution in [2.45, 2.75) is 26.7 Å². The molecule has 1 aromatic carbocycles. The van der Waals surface area contributed by atoms with Gasteiger partial charge in [-0.05, 0) is 50.1 Å². The fraction of sp³-hybridized carbons (Fsp3) is 0.286. The maximum absolute atomic E-state index is 12.9. The van der Waals surface area contributed by atoms with E-state index in [0.717, 1.165) is 5.56 Å². The normalized spacial score (nSPS) is 10.8. The lowest BCUT2D eigenvalue weighted by atomic mass is 10.0. The number of ketones is 1. The molecule has 0 atom stereocenters. The summed E-state index contributed by atoms with van der Waals surface area (Å²) in [5.41, 5.74) is 3.28. The summed E-state index contributed by atoms with van der Waals surface area (Å²) in [5, 5.41) is 0. The molecule has 6 nitrogen and oxygen atoms in total. The molecule has 0 unspecified atom stereocenters. The van der Waals surface area contributed by atoms with Crippen LogP contribution in [-0.2, 0) is 11.2 Å². The van der Waals surface area contributed by atoms with E-state index in [2.05, 4.69) is 4.98 Å². The molecule has 3 aromatic rings. The molecule has 0 saturated carbocycles. The quantitative estimate of drug-likeness (QED) is 0.472. The van der Waals surface area contributed by atoms with Crippen LogP contribution in [0.5, 0.6) is 5.75 Å². The van der Waals surface area contributed by atoms with Crippen molar-refractivity contribution in [3.8, 4) is 5.75 Å². The highest BCUT2D eigenvalue weighted by molar-refractivity contribution is 5.97. The highest BCUT2D eigenvalue weighted by Gasteiger charge is 2.18. The van der Waals surface area contributed by atoms with E-state index in [1.807, 2.05) is 38.2 Å². The van der Waals surface area contributed by atoms with Gasteiger partial charge in [0.2, 0.25) is 0 Å². The minimum Gasteiger partial charge on any atom is -0.490 e. The van der Waals surface area contributed by atoms with Gasteiger partial charge in [-0.1, -0.05) is 12.1 Å². The van der Waals surface area contributed by atoms with E-state index in [9.17, 15) is 9.59 Å². The van der Waals surface area contributed by atoms with Gasteiger partial charge in [0, 0.05) is 12.6 Å². The Hall–Kier alpha value is -3.15. The Bertz CT molecular complexity index is 991. The lowest BCUT2D eigenvalue weighted by Crippen LogP contribution is -2.08. The molecule has 0 fully saturated rings. The van der Waals surface area contributed by atoms with Gasteiger partial charge >= 0.3 is 5.97 Å². The van der Waals surface area contributed by atoms with Crippen molar-refractivity contribution in [3.63, 3.8) is 0 Å². The Morgan fingerprint density at radius 3 is 2.74 bits per heavy atom. The molecule has 140 valence electrons. The van der Waals surface area contributed by atoms with Crippen LogP contribution in [0.1, 0.15) is 45.4 Å². The first kappa shape index (κ1) is 18.6. The summed E-state index contributed by atoms with van der Waals surface area (Å²) in [5.74, 6) is 0.273. The molecule has 0 radical (unpaired) electrons. The predicted molar refractivity (Wildman–Crippen MR) is 102 cm³/mol. The lowest BCUT2D eigenvalue weighted by molar-refractivity contribution is 0.0600. The number of carbonyl (C=O) groups excluding carboxylic acids is 2. The smallest absolute Gasteiger partial charge is 0.337 e. The Labute approximate surface area is 157 Å². The summed E-state index contributed by atoms with van der Waals surface area (Å²) in [4.78, 5) is 29.0. The molecule has 0 saturated heterocycles. The molecule has 3 rings (SSSR count). The summed E-state index contributed by atoms with van der Waals surface area (Å²) < 4.78 is 12.1. The average molecular weight is 366 g/mol. The zero-order chi connectivity index (χ0) is 19.4. The second-order valence-electron chi connectivity index (χ2n) is 6.16. The summed E-state index contributed by atoms with van der Waals surface area (Å²) in [6.45, 7) is 4.27. The topological polar surface area (TPSA) is 69.9 Å². The SMILES string of the molecule is CCOc1cccn2c(C(=O)CCc3cccc(C(=O)OC)c3)c(C)nc12. The van der Waals surface area contributed by atoms with Crippen LogP contribution in [0.4, 0.5) is 0 Å². The largest absolute Gasteiger partial charge is 0.490 e. The number of imidazole rings is 1. The first-order valence-corrected chi connectivity index (χ1v) is 8.86. The number of rotatable bonds is 7. The van der Waals surface area contributed by atoms with Crippen molar-refractivity contribution in [2.24, 2.45) is 0 Å². The lowest BCUT2D eigenvalue weighted by Gasteiger charge is -2.07. The van der Waals surface area contributed by atoms with Gasteiger partial charge in [-0.15, -0.1) is 0 Å². The molecule has 0 amide bonds. The van der Waals surface area contributed by atoms with Gasteiger partial charge in [-0.2, -0.15) is 0 Å². The van der Waals surface area contributed by atoms with E-state index in [1.54, 1.807) is 22.6 Å². The fourth-order valence-electron chi connectivity index (χ4n) is 3.11. The fourth-order valence-corrected chi connectivity index (χ4v) is 3.11. The van der Waals surface area contributed by atoms with Crippen LogP contribution in [0.2, 0.25) is 0 Å². The minimum absolute atomic E-state index is 0.00267. The van der Waals surface area contributed by atoms with Crippen molar-refractivity contribution in [1.29, 1.82) is 0 Å². The number of fused-ring (bicyclic) bond motifs is 1. The van der Waals surface area contributed by atoms with Crippen molar-refractivity contribution < 1.29 is 19.1 Å². The van der Waals surface area contributed by atoms with E-state index in [0.29, 0.717) is 47.8 Å². The van der Waals surface area contributed by atoms with E-state index >= 15 is 0 Å². The van der Waals surface area contributed by atoms with Gasteiger partial charge < -0.3 is 9.47 Å². The average Bonchev–Trinajstić information content (AvgIpc) is 3.03. The van der Waals surface area contributed by atoms with Crippen LogP contribution in [0, 0.1) is 6.92 Å². The highest BCUT2D eigenvalue weighted by Crippen LogP contribution is 2.23. The molecular formula is C21H22N2O4. The minimum atomic E-state index is -0.385. The third-order valence-corrected chi connectivity index (χ3v) is 4.34. The van der Waals surface area contributed by atoms with Crippen molar-refractivity contribution in [1.82, 2.24) is 9.38 Å². The molecule has 27 heavy (non-hydrogen) atoms. The number of aryl methyl sites for hydroxylation is 2. The van der Waals surface area contributed by atoms with Gasteiger partial charge in [0.25, 0.3) is 0 Å². The number of ether oxygens (including phenoxy) is 2. The first-order chi connectivity index (χ1) is 13.0. The Morgan fingerprint density at radius 2 is 2.00 bits per heavy atom. The van der Waals surface area contributed by atoms with Gasteiger partial charge in [-0.25, -0.2) is 9.78 Å². The van der Waals surface area contributed by atoms with Gasteiger partial charge in [0.05, 0.1) is 25.0 Å². The van der Waals surface area contributed by atoms with Gasteiger partial charge in [0.15, 0.2) is 17.2 Å². The third-order valence-electron chi connectivity index (χ3n) is 4.34. The van der Waals surface area contributed by atoms with Gasteiger partial charge in [0.1, 0.15) is 5.69 Å². The molecule has 6 heteroatoms. The van der Waals surface area contributed by atoms with Crippen molar-refractivity contribution in [3.05, 3.63) is 65.1 Å². The number of nitrogens with zero attached hydrogens (tertiary/aromatic N) is 2. The molecule has 0 aliphatic rings. The van der Waals surface area contributed by atoms with Crippen molar-refractivity contribution >= 4 is 17.4 Å². The van der Waals surface area contributed by atoms with E-state index in [1.165, 1.54) is 7.11 Å². The molecule has 0 aliphatic heterocycles. The number of benzene rings is 1. The molecular weight excluding hydrogens is 344 g/mol. The van der Waals surface area contributed by atoms with E-state index in [4.69, 9.17) is 9.47 Å². The molecule has 2 heterocycles. The van der Waals surface area contributed by atoms with Crippen LogP contribution in [0.3, 0.4) is 0 Å². The number of Topliss-reactive ketones (excluding diaryl/α,β-unsaturated/α-hetero) is 1.